The second-order valence-electron chi connectivity index (χ2n) is 7.92. The molecule has 0 unspecified atom stereocenters. The number of nitrogens with one attached hydrogen (secondary N) is 1. The molecule has 160 valence electrons. The normalized spacial score (nSPS) is 20.0. The first kappa shape index (κ1) is 21.6. The van der Waals surface area contributed by atoms with Crippen LogP contribution in [0.25, 0.3) is 0 Å². The van der Waals surface area contributed by atoms with Crippen molar-refractivity contribution in [2.24, 2.45) is 0 Å². The predicted octanol–water partition coefficient (Wildman–Crippen LogP) is 3.74. The molecule has 1 aliphatic heterocycles. The van der Waals surface area contributed by atoms with Crippen LogP contribution < -0.4 is 5.32 Å². The Labute approximate surface area is 171 Å². The summed E-state index contributed by atoms with van der Waals surface area (Å²) < 4.78 is 24.6. The highest BCUT2D eigenvalue weighted by Crippen LogP contribution is 2.36. The van der Waals surface area contributed by atoms with Crippen LogP contribution in [0.15, 0.2) is 18.2 Å². The largest absolute Gasteiger partial charge is 0.453 e. The van der Waals surface area contributed by atoms with Gasteiger partial charge in [-0.1, -0.05) is 6.07 Å². The van der Waals surface area contributed by atoms with Crippen molar-refractivity contribution < 1.29 is 23.5 Å². The van der Waals surface area contributed by atoms with Crippen LogP contribution in [0.1, 0.15) is 62.6 Å². The summed E-state index contributed by atoms with van der Waals surface area (Å²) in [5, 5.41) is 2.63. The molecule has 0 radical (unpaired) electrons. The van der Waals surface area contributed by atoms with Crippen molar-refractivity contribution in [1.29, 1.82) is 0 Å². The summed E-state index contributed by atoms with van der Waals surface area (Å²) in [6.45, 7) is 3.06. The van der Waals surface area contributed by atoms with Crippen molar-refractivity contribution in [1.82, 2.24) is 10.2 Å². The molecular weight excluding hydrogens is 375 g/mol. The van der Waals surface area contributed by atoms with E-state index < -0.39 is 6.09 Å². The lowest BCUT2D eigenvalue weighted by Gasteiger charge is -2.34. The summed E-state index contributed by atoms with van der Waals surface area (Å²) in [5.41, 5.74) is 1.66. The number of alkyl carbamates (subject to hydrolysis) is 1. The Hall–Kier alpha value is -2.15. The molecule has 1 aliphatic carbocycles. The second-order valence-corrected chi connectivity index (χ2v) is 7.92. The van der Waals surface area contributed by atoms with E-state index >= 15 is 0 Å². The standard InChI is InChI=1S/C22H31FN2O4/c1-15(25(19-8-9-19)21(26)20-7-3-4-11-29-20)17-12-16(13-18(23)14-17)6-5-10-24-22(27)28-2/h12-15,19-20H,3-11H2,1-2H3,(H,24,27)/t15-,20-/m1/s1. The number of benzene rings is 1. The van der Waals surface area contributed by atoms with E-state index in [9.17, 15) is 14.0 Å². The first-order chi connectivity index (χ1) is 14.0. The Bertz CT molecular complexity index is 717. The molecule has 3 rings (SSSR count). The molecule has 1 saturated heterocycles. The van der Waals surface area contributed by atoms with Crippen LogP contribution in [-0.2, 0) is 20.7 Å². The second kappa shape index (κ2) is 10.1. The van der Waals surface area contributed by atoms with Crippen LogP contribution in [0.5, 0.6) is 0 Å². The maximum absolute atomic E-state index is 14.3. The highest BCUT2D eigenvalue weighted by molar-refractivity contribution is 5.82. The van der Waals surface area contributed by atoms with Gasteiger partial charge in [-0.3, -0.25) is 4.79 Å². The summed E-state index contributed by atoms with van der Waals surface area (Å²) in [5.74, 6) is -0.268. The lowest BCUT2D eigenvalue weighted by Crippen LogP contribution is -2.44. The molecule has 2 amide bonds. The van der Waals surface area contributed by atoms with Crippen molar-refractivity contribution in [3.05, 3.63) is 35.1 Å². The number of carbonyl (C=O) groups excluding carboxylic acids is 2. The Kier molecular flexibility index (Phi) is 7.47. The van der Waals surface area contributed by atoms with Gasteiger partial charge in [-0.05, 0) is 75.1 Å². The zero-order chi connectivity index (χ0) is 20.8. The molecule has 0 spiro atoms. The van der Waals surface area contributed by atoms with Crippen molar-refractivity contribution in [3.63, 3.8) is 0 Å². The number of hydrogen-bond donors (Lipinski definition) is 1. The molecule has 29 heavy (non-hydrogen) atoms. The summed E-state index contributed by atoms with van der Waals surface area (Å²) in [6, 6.07) is 5.02. The van der Waals surface area contributed by atoms with Crippen molar-refractivity contribution in [2.75, 3.05) is 20.3 Å². The smallest absolute Gasteiger partial charge is 0.406 e. The minimum atomic E-state index is -0.470. The molecule has 7 heteroatoms. The first-order valence-electron chi connectivity index (χ1n) is 10.5. The van der Waals surface area contributed by atoms with Gasteiger partial charge in [-0.15, -0.1) is 0 Å². The molecule has 6 nitrogen and oxygen atoms in total. The Morgan fingerprint density at radius 3 is 2.72 bits per heavy atom. The van der Waals surface area contributed by atoms with Gasteiger partial charge in [-0.25, -0.2) is 9.18 Å². The molecule has 1 N–H and O–H groups in total. The number of hydrogen-bond acceptors (Lipinski definition) is 4. The number of nitrogens with zero attached hydrogens (tertiary/aromatic N) is 1. The quantitative estimate of drug-likeness (QED) is 0.668. The SMILES string of the molecule is COC(=O)NCCCc1cc(F)cc([C@@H](C)N(C(=O)[C@H]2CCCCO2)C2CC2)c1. The molecule has 2 atom stereocenters. The number of carbonyl (C=O) groups is 2. The van der Waals surface area contributed by atoms with Gasteiger partial charge in [0.2, 0.25) is 0 Å². The molecule has 1 heterocycles. The summed E-state index contributed by atoms with van der Waals surface area (Å²) in [4.78, 5) is 26.2. The molecule has 1 aromatic rings. The summed E-state index contributed by atoms with van der Waals surface area (Å²) in [6.07, 6.45) is 5.21. The van der Waals surface area contributed by atoms with Gasteiger partial charge in [0.25, 0.3) is 5.91 Å². The maximum atomic E-state index is 14.3. The van der Waals surface area contributed by atoms with E-state index in [4.69, 9.17) is 4.74 Å². The molecule has 2 aliphatic rings. The highest BCUT2D eigenvalue weighted by Gasteiger charge is 2.39. The number of methoxy groups -OCH3 is 1. The van der Waals surface area contributed by atoms with Gasteiger partial charge in [-0.2, -0.15) is 0 Å². The third kappa shape index (κ3) is 5.92. The molecule has 1 aromatic carbocycles. The van der Waals surface area contributed by atoms with Crippen molar-refractivity contribution in [2.45, 2.75) is 70.1 Å². The number of amides is 2. The maximum Gasteiger partial charge on any atom is 0.406 e. The van der Waals surface area contributed by atoms with Crippen LogP contribution in [0, 0.1) is 5.82 Å². The minimum absolute atomic E-state index is 0.0350. The van der Waals surface area contributed by atoms with Gasteiger partial charge in [0, 0.05) is 19.2 Å². The molecule has 0 aromatic heterocycles. The van der Waals surface area contributed by atoms with Gasteiger partial charge in [0.15, 0.2) is 0 Å². The predicted molar refractivity (Wildman–Crippen MR) is 107 cm³/mol. The fraction of sp³-hybridized carbons (Fsp3) is 0.636. The van der Waals surface area contributed by atoms with E-state index in [-0.39, 0.29) is 29.9 Å². The molecule has 1 saturated carbocycles. The Morgan fingerprint density at radius 2 is 2.07 bits per heavy atom. The fourth-order valence-electron chi connectivity index (χ4n) is 3.92. The van der Waals surface area contributed by atoms with Crippen LogP contribution in [0.2, 0.25) is 0 Å². The van der Waals surface area contributed by atoms with Crippen LogP contribution in [-0.4, -0.2) is 49.3 Å². The number of ether oxygens (including phenoxy) is 2. The van der Waals surface area contributed by atoms with Crippen LogP contribution >= 0.6 is 0 Å². The van der Waals surface area contributed by atoms with E-state index in [1.165, 1.54) is 19.2 Å². The fourth-order valence-corrected chi connectivity index (χ4v) is 3.92. The van der Waals surface area contributed by atoms with Gasteiger partial charge in [0.05, 0.1) is 13.2 Å². The van der Waals surface area contributed by atoms with E-state index in [1.807, 2.05) is 17.9 Å². The van der Waals surface area contributed by atoms with Crippen molar-refractivity contribution in [3.8, 4) is 0 Å². The third-order valence-electron chi connectivity index (χ3n) is 5.63. The zero-order valence-electron chi connectivity index (χ0n) is 17.3. The topological polar surface area (TPSA) is 67.9 Å². The van der Waals surface area contributed by atoms with E-state index in [0.717, 1.165) is 43.2 Å². The number of aryl methyl sites for hydroxylation is 1. The van der Waals surface area contributed by atoms with Gasteiger partial charge in [0.1, 0.15) is 11.9 Å². The first-order valence-corrected chi connectivity index (χ1v) is 10.5. The van der Waals surface area contributed by atoms with Crippen LogP contribution in [0.4, 0.5) is 9.18 Å². The molecule has 0 bridgehead atoms. The number of rotatable bonds is 8. The lowest BCUT2D eigenvalue weighted by molar-refractivity contribution is -0.149. The molecular formula is C22H31FN2O4. The highest BCUT2D eigenvalue weighted by atomic mass is 19.1. The summed E-state index contributed by atoms with van der Waals surface area (Å²) in [7, 11) is 1.32. The zero-order valence-corrected chi connectivity index (χ0v) is 17.3. The van der Waals surface area contributed by atoms with Crippen molar-refractivity contribution >= 4 is 12.0 Å². The molecule has 2 fully saturated rings. The summed E-state index contributed by atoms with van der Waals surface area (Å²) >= 11 is 0. The van der Waals surface area contributed by atoms with Gasteiger partial charge < -0.3 is 19.7 Å². The Balaban J connectivity index is 1.67. The van der Waals surface area contributed by atoms with Crippen LogP contribution in [0.3, 0.4) is 0 Å². The third-order valence-corrected chi connectivity index (χ3v) is 5.63. The minimum Gasteiger partial charge on any atom is -0.453 e. The van der Waals surface area contributed by atoms with E-state index in [2.05, 4.69) is 10.1 Å². The Morgan fingerprint density at radius 1 is 1.28 bits per heavy atom. The van der Waals surface area contributed by atoms with Gasteiger partial charge >= 0.3 is 6.09 Å². The van der Waals surface area contributed by atoms with E-state index in [1.54, 1.807) is 0 Å². The average molecular weight is 406 g/mol. The number of halogens is 1. The average Bonchev–Trinajstić information content (AvgIpc) is 3.56. The monoisotopic (exact) mass is 406 g/mol. The van der Waals surface area contributed by atoms with E-state index in [0.29, 0.717) is 26.0 Å². The lowest BCUT2D eigenvalue weighted by atomic mass is 9.99.